The zero-order valence-electron chi connectivity index (χ0n) is 22.4. The van der Waals surface area contributed by atoms with Crippen LogP contribution in [0, 0.1) is 5.82 Å². The van der Waals surface area contributed by atoms with Crippen molar-refractivity contribution < 1.29 is 17.6 Å². The van der Waals surface area contributed by atoms with Crippen LogP contribution in [-0.4, -0.2) is 21.2 Å². The van der Waals surface area contributed by atoms with Crippen molar-refractivity contribution >= 4 is 11.6 Å². The molecule has 0 saturated carbocycles. The minimum absolute atomic E-state index is 0.0222. The van der Waals surface area contributed by atoms with Crippen molar-refractivity contribution in [1.29, 1.82) is 0 Å². The predicted molar refractivity (Wildman–Crippen MR) is 151 cm³/mol. The Kier molecular flexibility index (Phi) is 8.86. The number of rotatable bonds is 9. The number of alkyl halides is 3. The van der Waals surface area contributed by atoms with Gasteiger partial charge in [-0.3, -0.25) is 13.9 Å². The summed E-state index contributed by atoms with van der Waals surface area (Å²) in [4.78, 5) is 27.5. The van der Waals surface area contributed by atoms with Crippen molar-refractivity contribution in [3.05, 3.63) is 127 Å². The molecule has 11 heteroatoms. The van der Waals surface area contributed by atoms with E-state index in [4.69, 9.17) is 17.3 Å². The number of nitrogens with two attached hydrogens (primary N) is 1. The lowest BCUT2D eigenvalue weighted by Gasteiger charge is -2.26. The highest BCUT2D eigenvalue weighted by Gasteiger charge is 2.35. The smallest absolute Gasteiger partial charge is 0.324 e. The SMILES string of the molecule is CC(C)(N)CN[C@H](Cn1c(=O)c(-c2ccccc2Cl)cn(Cc2c(F)cccc2C(F)(F)F)c1=O)c1ccccc1. The highest BCUT2D eigenvalue weighted by molar-refractivity contribution is 6.33. The van der Waals surface area contributed by atoms with Gasteiger partial charge < -0.3 is 11.1 Å². The third-order valence-electron chi connectivity index (χ3n) is 6.53. The van der Waals surface area contributed by atoms with Gasteiger partial charge in [-0.25, -0.2) is 9.18 Å². The Morgan fingerprint density at radius 3 is 2.22 bits per heavy atom. The van der Waals surface area contributed by atoms with E-state index in [0.717, 1.165) is 39.1 Å². The van der Waals surface area contributed by atoms with E-state index in [1.165, 1.54) is 0 Å². The van der Waals surface area contributed by atoms with Crippen LogP contribution in [0.3, 0.4) is 0 Å². The minimum Gasteiger partial charge on any atom is -0.324 e. The molecular weight excluding hydrogens is 560 g/mol. The van der Waals surface area contributed by atoms with E-state index in [2.05, 4.69) is 5.32 Å². The maximum absolute atomic E-state index is 14.8. The Hall–Kier alpha value is -3.73. The monoisotopic (exact) mass is 588 g/mol. The Morgan fingerprint density at radius 1 is 0.927 bits per heavy atom. The van der Waals surface area contributed by atoms with E-state index in [9.17, 15) is 27.2 Å². The summed E-state index contributed by atoms with van der Waals surface area (Å²) in [5, 5.41) is 3.49. The molecule has 3 N–H and O–H groups in total. The lowest BCUT2D eigenvalue weighted by Crippen LogP contribution is -2.47. The molecule has 1 aromatic heterocycles. The maximum atomic E-state index is 14.8. The molecule has 216 valence electrons. The number of benzene rings is 3. The lowest BCUT2D eigenvalue weighted by molar-refractivity contribution is -0.138. The molecule has 3 aromatic carbocycles. The van der Waals surface area contributed by atoms with Gasteiger partial charge >= 0.3 is 11.9 Å². The summed E-state index contributed by atoms with van der Waals surface area (Å²) in [6.07, 6.45) is -3.73. The van der Waals surface area contributed by atoms with Gasteiger partial charge in [0.1, 0.15) is 5.82 Å². The summed E-state index contributed by atoms with van der Waals surface area (Å²) >= 11 is 6.38. The predicted octanol–water partition coefficient (Wildman–Crippen LogP) is 5.60. The minimum atomic E-state index is -4.86. The van der Waals surface area contributed by atoms with E-state index < -0.39 is 52.5 Å². The molecule has 41 heavy (non-hydrogen) atoms. The van der Waals surface area contributed by atoms with Gasteiger partial charge in [-0.15, -0.1) is 0 Å². The molecule has 0 fully saturated rings. The van der Waals surface area contributed by atoms with Crippen molar-refractivity contribution in [3.8, 4) is 11.1 Å². The van der Waals surface area contributed by atoms with Gasteiger partial charge in [0.2, 0.25) is 0 Å². The average Bonchev–Trinajstić information content (AvgIpc) is 2.90. The first kappa shape index (κ1) is 30.2. The summed E-state index contributed by atoms with van der Waals surface area (Å²) in [6.45, 7) is 3.00. The number of nitrogens with zero attached hydrogens (tertiary/aromatic N) is 2. The largest absolute Gasteiger partial charge is 0.416 e. The van der Waals surface area contributed by atoms with Crippen molar-refractivity contribution in [2.75, 3.05) is 6.54 Å². The van der Waals surface area contributed by atoms with E-state index in [1.807, 2.05) is 32.0 Å². The Bertz CT molecular complexity index is 1640. The fraction of sp³-hybridized carbons (Fsp3) is 0.267. The molecule has 0 aliphatic carbocycles. The van der Waals surface area contributed by atoms with Crippen LogP contribution in [0.1, 0.15) is 36.6 Å². The zero-order chi connectivity index (χ0) is 29.9. The number of aromatic nitrogens is 2. The first-order valence-electron chi connectivity index (χ1n) is 12.8. The van der Waals surface area contributed by atoms with E-state index in [-0.39, 0.29) is 22.7 Å². The zero-order valence-corrected chi connectivity index (χ0v) is 23.1. The van der Waals surface area contributed by atoms with Crippen LogP contribution in [0.15, 0.2) is 88.6 Å². The molecular formula is C30H29ClF4N4O2. The third kappa shape index (κ3) is 7.13. The molecule has 0 aliphatic heterocycles. The van der Waals surface area contributed by atoms with Gasteiger partial charge in [0, 0.05) is 34.4 Å². The van der Waals surface area contributed by atoms with Crippen LogP contribution < -0.4 is 22.3 Å². The molecule has 0 aliphatic rings. The second-order valence-electron chi connectivity index (χ2n) is 10.4. The van der Waals surface area contributed by atoms with Crippen molar-refractivity contribution in [2.24, 2.45) is 5.73 Å². The topological polar surface area (TPSA) is 82.0 Å². The lowest BCUT2D eigenvalue weighted by atomic mass is 10.0. The molecule has 0 saturated heterocycles. The first-order valence-corrected chi connectivity index (χ1v) is 13.1. The second-order valence-corrected chi connectivity index (χ2v) is 10.9. The van der Waals surface area contributed by atoms with Gasteiger partial charge in [0.05, 0.1) is 30.3 Å². The Labute approximate surface area is 239 Å². The van der Waals surface area contributed by atoms with Gasteiger partial charge in [0.15, 0.2) is 0 Å². The molecule has 6 nitrogen and oxygen atoms in total. The van der Waals surface area contributed by atoms with Crippen LogP contribution in [0.2, 0.25) is 5.02 Å². The summed E-state index contributed by atoms with van der Waals surface area (Å²) < 4.78 is 57.9. The van der Waals surface area contributed by atoms with Crippen molar-refractivity contribution in [2.45, 2.75) is 44.7 Å². The normalized spacial score (nSPS) is 12.9. The fourth-order valence-electron chi connectivity index (χ4n) is 4.49. The molecule has 0 spiro atoms. The quantitative estimate of drug-likeness (QED) is 0.249. The highest BCUT2D eigenvalue weighted by atomic mass is 35.5. The first-order chi connectivity index (χ1) is 19.3. The van der Waals surface area contributed by atoms with Gasteiger partial charge in [-0.1, -0.05) is 66.2 Å². The summed E-state index contributed by atoms with van der Waals surface area (Å²) in [5.41, 5.74) is 3.01. The van der Waals surface area contributed by atoms with Crippen molar-refractivity contribution in [3.63, 3.8) is 0 Å². The maximum Gasteiger partial charge on any atom is 0.416 e. The van der Waals surface area contributed by atoms with E-state index in [1.54, 1.807) is 36.4 Å². The molecule has 4 aromatic rings. The average molecular weight is 589 g/mol. The van der Waals surface area contributed by atoms with Crippen LogP contribution >= 0.6 is 11.6 Å². The molecule has 1 atom stereocenters. The molecule has 0 bridgehead atoms. The summed E-state index contributed by atoms with van der Waals surface area (Å²) in [5.74, 6) is -1.13. The molecule has 0 radical (unpaired) electrons. The van der Waals surface area contributed by atoms with Crippen LogP contribution in [-0.2, 0) is 19.3 Å². The fourth-order valence-corrected chi connectivity index (χ4v) is 4.73. The van der Waals surface area contributed by atoms with Crippen LogP contribution in [0.5, 0.6) is 0 Å². The Balaban J connectivity index is 1.92. The summed E-state index contributed by atoms with van der Waals surface area (Å²) in [6, 6.07) is 17.5. The number of nitrogens with one attached hydrogen (secondary N) is 1. The van der Waals surface area contributed by atoms with E-state index in [0.29, 0.717) is 6.54 Å². The molecule has 0 amide bonds. The number of hydrogen-bond acceptors (Lipinski definition) is 4. The number of hydrogen-bond donors (Lipinski definition) is 2. The molecule has 0 unspecified atom stereocenters. The van der Waals surface area contributed by atoms with Gasteiger partial charge in [-0.05, 0) is 37.6 Å². The number of halogens is 5. The highest BCUT2D eigenvalue weighted by Crippen LogP contribution is 2.33. The van der Waals surface area contributed by atoms with Crippen LogP contribution in [0.25, 0.3) is 11.1 Å². The standard InChI is InChI=1S/C30H29ClF4N4O2/c1-29(2,36)18-37-26(19-9-4-3-5-10-19)17-39-27(40)21(20-11-6-7-13-24(20)31)15-38(28(39)41)16-22-23(30(33,34)35)12-8-14-25(22)32/h3-15,26,37H,16-18,36H2,1-2H3/t26-/m1/s1. The Morgan fingerprint density at radius 2 is 1.59 bits per heavy atom. The third-order valence-corrected chi connectivity index (χ3v) is 6.85. The molecule has 1 heterocycles. The van der Waals surface area contributed by atoms with Gasteiger partial charge in [-0.2, -0.15) is 13.2 Å². The second kappa shape index (κ2) is 12.0. The summed E-state index contributed by atoms with van der Waals surface area (Å²) in [7, 11) is 0. The van der Waals surface area contributed by atoms with Crippen LogP contribution in [0.4, 0.5) is 17.6 Å². The van der Waals surface area contributed by atoms with E-state index >= 15 is 0 Å². The molecule has 4 rings (SSSR count). The van der Waals surface area contributed by atoms with Gasteiger partial charge in [0.25, 0.3) is 5.56 Å². The van der Waals surface area contributed by atoms with Crippen molar-refractivity contribution in [1.82, 2.24) is 14.5 Å².